The SMILES string of the molecule is c1ccc2c(-c3ccc(-n4c5ccccc5c5cc6c7ccccc7n(-c7ccc(-c8cccc9c8sc8ccccc89)cc7)c6cc54)cc3)cccc2c1. The average Bonchev–Trinajstić information content (AvgIpc) is 3.90. The van der Waals surface area contributed by atoms with E-state index in [4.69, 9.17) is 0 Å². The Morgan fingerprint density at radius 3 is 1.47 bits per heavy atom. The molecule has 9 aromatic carbocycles. The second-order valence-electron chi connectivity index (χ2n) is 14.5. The van der Waals surface area contributed by atoms with Crippen LogP contribution >= 0.6 is 11.3 Å². The van der Waals surface area contributed by atoms with Crippen LogP contribution in [0.1, 0.15) is 0 Å². The first-order valence-electron chi connectivity index (χ1n) is 18.8. The fourth-order valence-corrected chi connectivity index (χ4v) is 10.3. The van der Waals surface area contributed by atoms with Crippen molar-refractivity contribution in [2.75, 3.05) is 0 Å². The largest absolute Gasteiger partial charge is 0.309 e. The Hall–Kier alpha value is -6.94. The number of aromatic nitrogens is 2. The highest BCUT2D eigenvalue weighted by atomic mass is 32.1. The standard InChI is InChI=1S/C52H32N2S/c1-2-13-38-33(11-1)12-9-17-39(38)34-23-27-36(28-24-34)53-47-20-6-3-14-41(47)45-31-46-42-15-4-7-21-48(42)54(50(46)32-49(45)53)37-29-25-35(26-30-37)40-18-10-19-44-43-16-5-8-22-51(43)55-52(40)44/h1-32H. The van der Waals surface area contributed by atoms with Crippen LogP contribution in [-0.4, -0.2) is 9.13 Å². The van der Waals surface area contributed by atoms with E-state index in [2.05, 4.69) is 203 Å². The minimum Gasteiger partial charge on any atom is -0.309 e. The quantitative estimate of drug-likeness (QED) is 0.172. The van der Waals surface area contributed by atoms with Crippen LogP contribution in [0.3, 0.4) is 0 Å². The first-order chi connectivity index (χ1) is 27.3. The van der Waals surface area contributed by atoms with Crippen molar-refractivity contribution in [1.29, 1.82) is 0 Å². The summed E-state index contributed by atoms with van der Waals surface area (Å²) in [6.07, 6.45) is 0. The van der Waals surface area contributed by atoms with E-state index >= 15 is 0 Å². The smallest absolute Gasteiger partial charge is 0.0562 e. The molecule has 0 N–H and O–H groups in total. The lowest BCUT2D eigenvalue weighted by molar-refractivity contribution is 1.16. The van der Waals surface area contributed by atoms with Crippen LogP contribution in [0.4, 0.5) is 0 Å². The highest BCUT2D eigenvalue weighted by molar-refractivity contribution is 7.26. The molecule has 0 aliphatic rings. The van der Waals surface area contributed by atoms with E-state index < -0.39 is 0 Å². The molecule has 0 aliphatic carbocycles. The third-order valence-electron chi connectivity index (χ3n) is 11.5. The van der Waals surface area contributed by atoms with Crippen LogP contribution in [0.2, 0.25) is 0 Å². The fourth-order valence-electron chi connectivity index (χ4n) is 9.02. The van der Waals surface area contributed by atoms with Crippen LogP contribution in [0.5, 0.6) is 0 Å². The van der Waals surface area contributed by atoms with Crippen LogP contribution in [-0.2, 0) is 0 Å². The van der Waals surface area contributed by atoms with E-state index in [1.54, 1.807) is 0 Å². The van der Waals surface area contributed by atoms with Crippen LogP contribution < -0.4 is 0 Å². The van der Waals surface area contributed by atoms with Crippen molar-refractivity contribution >= 4 is 85.9 Å². The lowest BCUT2D eigenvalue weighted by Gasteiger charge is -2.12. The maximum absolute atomic E-state index is 2.44. The Labute approximate surface area is 321 Å². The molecule has 256 valence electrons. The van der Waals surface area contributed by atoms with E-state index in [1.165, 1.54) is 96.8 Å². The maximum Gasteiger partial charge on any atom is 0.0562 e. The van der Waals surface area contributed by atoms with Gasteiger partial charge in [0.25, 0.3) is 0 Å². The summed E-state index contributed by atoms with van der Waals surface area (Å²) in [6, 6.07) is 71.4. The molecule has 0 saturated carbocycles. The number of hydrogen-bond donors (Lipinski definition) is 0. The van der Waals surface area contributed by atoms with Crippen molar-refractivity contribution in [1.82, 2.24) is 9.13 Å². The Kier molecular flexibility index (Phi) is 6.54. The number of para-hydroxylation sites is 2. The first-order valence-corrected chi connectivity index (χ1v) is 19.7. The van der Waals surface area contributed by atoms with Gasteiger partial charge in [0.05, 0.1) is 22.1 Å². The van der Waals surface area contributed by atoms with Gasteiger partial charge in [-0.2, -0.15) is 0 Å². The fraction of sp³-hybridized carbons (Fsp3) is 0. The van der Waals surface area contributed by atoms with Crippen molar-refractivity contribution < 1.29 is 0 Å². The Morgan fingerprint density at radius 1 is 0.309 bits per heavy atom. The molecule has 55 heavy (non-hydrogen) atoms. The zero-order chi connectivity index (χ0) is 36.0. The van der Waals surface area contributed by atoms with Gasteiger partial charge in [0.1, 0.15) is 0 Å². The van der Waals surface area contributed by atoms with Crippen molar-refractivity contribution in [2.24, 2.45) is 0 Å². The van der Waals surface area contributed by atoms with Gasteiger partial charge in [-0.05, 0) is 87.6 Å². The molecule has 2 nitrogen and oxygen atoms in total. The Balaban J connectivity index is 1.04. The van der Waals surface area contributed by atoms with Gasteiger partial charge in [0, 0.05) is 53.1 Å². The summed E-state index contributed by atoms with van der Waals surface area (Å²) in [5.41, 5.74) is 12.1. The third-order valence-corrected chi connectivity index (χ3v) is 12.8. The van der Waals surface area contributed by atoms with Gasteiger partial charge in [-0.25, -0.2) is 0 Å². The van der Waals surface area contributed by atoms with E-state index in [1.807, 2.05) is 11.3 Å². The minimum atomic E-state index is 1.15. The summed E-state index contributed by atoms with van der Waals surface area (Å²) in [7, 11) is 0. The van der Waals surface area contributed by atoms with Gasteiger partial charge in [0.15, 0.2) is 0 Å². The number of benzene rings is 9. The van der Waals surface area contributed by atoms with Crippen LogP contribution in [0.25, 0.3) is 108 Å². The highest BCUT2D eigenvalue weighted by Gasteiger charge is 2.19. The van der Waals surface area contributed by atoms with Gasteiger partial charge < -0.3 is 9.13 Å². The average molecular weight is 717 g/mol. The maximum atomic E-state index is 2.44. The third kappa shape index (κ3) is 4.54. The van der Waals surface area contributed by atoms with E-state index in [-0.39, 0.29) is 0 Å². The minimum absolute atomic E-state index is 1.15. The zero-order valence-electron chi connectivity index (χ0n) is 29.8. The molecular formula is C52H32N2S. The summed E-state index contributed by atoms with van der Waals surface area (Å²) < 4.78 is 7.55. The number of rotatable bonds is 4. The lowest BCUT2D eigenvalue weighted by atomic mass is 9.98. The molecule has 0 fully saturated rings. The predicted molar refractivity (Wildman–Crippen MR) is 236 cm³/mol. The molecule has 0 radical (unpaired) electrons. The predicted octanol–water partition coefficient (Wildman–Crippen LogP) is 14.7. The number of thiophene rings is 1. The molecule has 3 aromatic heterocycles. The van der Waals surface area contributed by atoms with Crippen molar-refractivity contribution in [3.05, 3.63) is 194 Å². The molecule has 0 saturated heterocycles. The van der Waals surface area contributed by atoms with Gasteiger partial charge in [0.2, 0.25) is 0 Å². The number of nitrogens with zero attached hydrogens (tertiary/aromatic N) is 2. The molecular weight excluding hydrogens is 685 g/mol. The lowest BCUT2D eigenvalue weighted by Crippen LogP contribution is -1.96. The van der Waals surface area contributed by atoms with Crippen molar-refractivity contribution in [3.8, 4) is 33.6 Å². The molecule has 0 unspecified atom stereocenters. The monoisotopic (exact) mass is 716 g/mol. The second kappa shape index (κ2) is 11.8. The van der Waals surface area contributed by atoms with Crippen molar-refractivity contribution in [3.63, 3.8) is 0 Å². The molecule has 0 aliphatic heterocycles. The summed E-state index contributed by atoms with van der Waals surface area (Å²) in [4.78, 5) is 0. The molecule has 0 bridgehead atoms. The van der Waals surface area contributed by atoms with Crippen molar-refractivity contribution in [2.45, 2.75) is 0 Å². The van der Waals surface area contributed by atoms with Gasteiger partial charge in [-0.15, -0.1) is 11.3 Å². The topological polar surface area (TPSA) is 9.86 Å². The second-order valence-corrected chi connectivity index (χ2v) is 15.5. The van der Waals surface area contributed by atoms with E-state index in [0.717, 1.165) is 11.4 Å². The van der Waals surface area contributed by atoms with Gasteiger partial charge in [-0.3, -0.25) is 0 Å². The normalized spacial score (nSPS) is 12.0. The number of hydrogen-bond acceptors (Lipinski definition) is 1. The van der Waals surface area contributed by atoms with Crippen LogP contribution in [0, 0.1) is 0 Å². The van der Waals surface area contributed by atoms with E-state index in [9.17, 15) is 0 Å². The molecule has 12 rings (SSSR count). The zero-order valence-corrected chi connectivity index (χ0v) is 30.6. The summed E-state index contributed by atoms with van der Waals surface area (Å²) in [5, 5.41) is 10.2. The Bertz CT molecular complexity index is 3460. The van der Waals surface area contributed by atoms with Gasteiger partial charge in [-0.1, -0.05) is 140 Å². The molecule has 12 aromatic rings. The molecule has 0 spiro atoms. The summed E-state index contributed by atoms with van der Waals surface area (Å²) >= 11 is 1.88. The molecule has 0 amide bonds. The highest BCUT2D eigenvalue weighted by Crippen LogP contribution is 2.42. The van der Waals surface area contributed by atoms with Gasteiger partial charge >= 0.3 is 0 Å². The Morgan fingerprint density at radius 2 is 0.800 bits per heavy atom. The molecule has 3 heteroatoms. The molecule has 3 heterocycles. The first kappa shape index (κ1) is 30.5. The summed E-state index contributed by atoms with van der Waals surface area (Å²) in [5.74, 6) is 0. The van der Waals surface area contributed by atoms with E-state index in [0.29, 0.717) is 0 Å². The summed E-state index contributed by atoms with van der Waals surface area (Å²) in [6.45, 7) is 0. The molecule has 0 atom stereocenters. The van der Waals surface area contributed by atoms with Crippen LogP contribution in [0.15, 0.2) is 194 Å². The number of fused-ring (bicyclic) bond motifs is 10.